The lowest BCUT2D eigenvalue weighted by Crippen LogP contribution is -1.91. The third-order valence-corrected chi connectivity index (χ3v) is 1.30. The molecule has 56 valence electrons. The summed E-state index contributed by atoms with van der Waals surface area (Å²) in [6.07, 6.45) is 0. The molecule has 0 amide bonds. The minimum atomic E-state index is 0. The van der Waals surface area contributed by atoms with Crippen LogP contribution >= 0.6 is 12.4 Å². The van der Waals surface area contributed by atoms with Gasteiger partial charge in [0.2, 0.25) is 0 Å². The maximum atomic E-state index is 5.54. The van der Waals surface area contributed by atoms with E-state index in [4.69, 9.17) is 11.5 Å². The van der Waals surface area contributed by atoms with Crippen molar-refractivity contribution in [2.75, 3.05) is 11.5 Å². The van der Waals surface area contributed by atoms with Crippen LogP contribution in [0.15, 0.2) is 18.2 Å². The van der Waals surface area contributed by atoms with Crippen molar-refractivity contribution in [3.63, 3.8) is 0 Å². The van der Waals surface area contributed by atoms with Crippen molar-refractivity contribution < 1.29 is 0 Å². The summed E-state index contributed by atoms with van der Waals surface area (Å²) in [7, 11) is 0. The molecule has 0 aromatic heterocycles. The number of aryl methyl sites for hydroxylation is 1. The van der Waals surface area contributed by atoms with Gasteiger partial charge in [-0.15, -0.1) is 12.4 Å². The number of hydrogen-bond acceptors (Lipinski definition) is 2. The first kappa shape index (κ1) is 9.11. The zero-order valence-electron chi connectivity index (χ0n) is 5.79. The Labute approximate surface area is 66.6 Å². The van der Waals surface area contributed by atoms with Gasteiger partial charge in [0.1, 0.15) is 0 Å². The van der Waals surface area contributed by atoms with Crippen LogP contribution < -0.4 is 11.5 Å². The maximum absolute atomic E-state index is 5.54. The highest BCUT2D eigenvalue weighted by molar-refractivity contribution is 5.85. The number of nitrogens with two attached hydrogens (primary N) is 2. The van der Waals surface area contributed by atoms with Crippen LogP contribution in [-0.2, 0) is 0 Å². The lowest BCUT2D eigenvalue weighted by atomic mass is 10.2. The lowest BCUT2D eigenvalue weighted by molar-refractivity contribution is 1.47. The molecule has 0 atom stereocenters. The van der Waals surface area contributed by atoms with Gasteiger partial charge in [-0.25, -0.2) is 0 Å². The molecule has 0 aliphatic rings. The molecule has 4 N–H and O–H groups in total. The molecule has 1 aromatic carbocycles. The van der Waals surface area contributed by atoms with Crippen molar-refractivity contribution in [1.29, 1.82) is 0 Å². The van der Waals surface area contributed by atoms with Crippen LogP contribution in [0.3, 0.4) is 0 Å². The monoisotopic (exact) mass is 158 g/mol. The Morgan fingerprint density at radius 1 is 1.20 bits per heavy atom. The Balaban J connectivity index is 0.000000810. The van der Waals surface area contributed by atoms with Crippen LogP contribution in [0.25, 0.3) is 0 Å². The number of halogens is 1. The van der Waals surface area contributed by atoms with Crippen LogP contribution in [0.1, 0.15) is 5.56 Å². The largest absolute Gasteiger partial charge is 0.399 e. The summed E-state index contributed by atoms with van der Waals surface area (Å²) in [5.74, 6) is 0. The number of hydrogen-bond donors (Lipinski definition) is 2. The predicted octanol–water partition coefficient (Wildman–Crippen LogP) is 1.58. The van der Waals surface area contributed by atoms with Crippen LogP contribution in [-0.4, -0.2) is 0 Å². The molecule has 0 heterocycles. The summed E-state index contributed by atoms with van der Waals surface area (Å²) in [5.41, 5.74) is 13.5. The molecule has 0 fully saturated rings. The summed E-state index contributed by atoms with van der Waals surface area (Å²) in [5, 5.41) is 0. The lowest BCUT2D eigenvalue weighted by Gasteiger charge is -1.98. The Bertz CT molecular complexity index is 223. The number of rotatable bonds is 0. The molecule has 0 saturated carbocycles. The molecular weight excluding hydrogens is 148 g/mol. The molecule has 1 rings (SSSR count). The highest BCUT2D eigenvalue weighted by Gasteiger charge is 1.90. The second kappa shape index (κ2) is 3.32. The molecule has 0 aliphatic heterocycles. The molecule has 3 heteroatoms. The van der Waals surface area contributed by atoms with Gasteiger partial charge >= 0.3 is 0 Å². The van der Waals surface area contributed by atoms with Crippen molar-refractivity contribution in [2.24, 2.45) is 0 Å². The second-order valence-electron chi connectivity index (χ2n) is 2.12. The van der Waals surface area contributed by atoms with Crippen molar-refractivity contribution in [3.05, 3.63) is 23.8 Å². The summed E-state index contributed by atoms with van der Waals surface area (Å²) in [4.78, 5) is 0. The third-order valence-electron chi connectivity index (χ3n) is 1.30. The Morgan fingerprint density at radius 2 is 1.80 bits per heavy atom. The van der Waals surface area contributed by atoms with Gasteiger partial charge in [0.15, 0.2) is 0 Å². The van der Waals surface area contributed by atoms with Gasteiger partial charge in [0, 0.05) is 11.4 Å². The van der Waals surface area contributed by atoms with Crippen molar-refractivity contribution >= 4 is 23.8 Å². The first-order valence-electron chi connectivity index (χ1n) is 2.82. The SMILES string of the molecule is Cc1ccc(N)cc1N.Cl. The number of nitrogen functional groups attached to an aromatic ring is 2. The fourth-order valence-corrected chi connectivity index (χ4v) is 0.659. The van der Waals surface area contributed by atoms with E-state index in [1.807, 2.05) is 19.1 Å². The van der Waals surface area contributed by atoms with E-state index in [0.717, 1.165) is 16.9 Å². The first-order chi connectivity index (χ1) is 4.20. The highest BCUT2D eigenvalue weighted by atomic mass is 35.5. The molecule has 0 bridgehead atoms. The summed E-state index contributed by atoms with van der Waals surface area (Å²) < 4.78 is 0. The van der Waals surface area contributed by atoms with Gasteiger partial charge in [0.05, 0.1) is 0 Å². The minimum Gasteiger partial charge on any atom is -0.399 e. The molecule has 0 aliphatic carbocycles. The summed E-state index contributed by atoms with van der Waals surface area (Å²) in [6, 6.07) is 5.51. The smallest absolute Gasteiger partial charge is 0.0364 e. The van der Waals surface area contributed by atoms with E-state index in [2.05, 4.69) is 0 Å². The average molecular weight is 159 g/mol. The van der Waals surface area contributed by atoms with Gasteiger partial charge in [-0.1, -0.05) is 6.07 Å². The molecule has 0 saturated heterocycles. The first-order valence-corrected chi connectivity index (χ1v) is 2.82. The number of benzene rings is 1. The van der Waals surface area contributed by atoms with E-state index in [1.54, 1.807) is 6.07 Å². The van der Waals surface area contributed by atoms with Crippen molar-refractivity contribution in [2.45, 2.75) is 6.92 Å². The zero-order valence-corrected chi connectivity index (χ0v) is 6.61. The van der Waals surface area contributed by atoms with Gasteiger partial charge < -0.3 is 11.5 Å². The van der Waals surface area contributed by atoms with Gasteiger partial charge in [0.25, 0.3) is 0 Å². The van der Waals surface area contributed by atoms with E-state index in [-0.39, 0.29) is 12.4 Å². The van der Waals surface area contributed by atoms with Gasteiger partial charge in [-0.2, -0.15) is 0 Å². The standard InChI is InChI=1S/C7H10N2.ClH/c1-5-2-3-6(8)4-7(5)9;/h2-4H,8-9H2,1H3;1H. The fourth-order valence-electron chi connectivity index (χ4n) is 0.659. The second-order valence-corrected chi connectivity index (χ2v) is 2.12. The van der Waals surface area contributed by atoms with Crippen LogP contribution in [0.4, 0.5) is 11.4 Å². The van der Waals surface area contributed by atoms with E-state index in [0.29, 0.717) is 0 Å². The van der Waals surface area contributed by atoms with E-state index in [1.165, 1.54) is 0 Å². The zero-order chi connectivity index (χ0) is 6.85. The van der Waals surface area contributed by atoms with Gasteiger partial charge in [-0.3, -0.25) is 0 Å². The van der Waals surface area contributed by atoms with Crippen molar-refractivity contribution in [3.8, 4) is 0 Å². The Kier molecular flexibility index (Phi) is 3.03. The maximum Gasteiger partial charge on any atom is 0.0364 e. The molecule has 2 nitrogen and oxygen atoms in total. The molecule has 0 spiro atoms. The van der Waals surface area contributed by atoms with Crippen molar-refractivity contribution in [1.82, 2.24) is 0 Å². The molecular formula is C7H11ClN2. The summed E-state index contributed by atoms with van der Waals surface area (Å²) in [6.45, 7) is 1.95. The minimum absolute atomic E-state index is 0. The van der Waals surface area contributed by atoms with E-state index < -0.39 is 0 Å². The Hall–Kier alpha value is -0.890. The highest BCUT2D eigenvalue weighted by Crippen LogP contribution is 2.13. The summed E-state index contributed by atoms with van der Waals surface area (Å²) >= 11 is 0. The molecule has 1 aromatic rings. The normalized spacial score (nSPS) is 8.50. The molecule has 10 heavy (non-hydrogen) atoms. The van der Waals surface area contributed by atoms with E-state index in [9.17, 15) is 0 Å². The Morgan fingerprint density at radius 3 is 2.20 bits per heavy atom. The third kappa shape index (κ3) is 1.81. The predicted molar refractivity (Wildman–Crippen MR) is 47.3 cm³/mol. The van der Waals surface area contributed by atoms with Crippen LogP contribution in [0.2, 0.25) is 0 Å². The van der Waals surface area contributed by atoms with Gasteiger partial charge in [-0.05, 0) is 24.6 Å². The quantitative estimate of drug-likeness (QED) is 0.564. The fraction of sp³-hybridized carbons (Fsp3) is 0.143. The number of anilines is 2. The molecule has 0 unspecified atom stereocenters. The van der Waals surface area contributed by atoms with Crippen LogP contribution in [0.5, 0.6) is 0 Å². The molecule has 0 radical (unpaired) electrons. The van der Waals surface area contributed by atoms with Crippen LogP contribution in [0, 0.1) is 6.92 Å². The van der Waals surface area contributed by atoms with E-state index >= 15 is 0 Å². The average Bonchev–Trinajstić information content (AvgIpc) is 1.80. The topological polar surface area (TPSA) is 52.0 Å².